The molecule has 0 aliphatic carbocycles. The summed E-state index contributed by atoms with van der Waals surface area (Å²) >= 11 is 0. The first-order valence-electron chi connectivity index (χ1n) is 6.00. The van der Waals surface area contributed by atoms with Crippen molar-refractivity contribution in [3.05, 3.63) is 59.9 Å². The molecule has 0 spiro atoms. The number of carbonyl (C=O) groups excluding carboxylic acids is 1. The smallest absolute Gasteiger partial charge is 0.243 e. The highest BCUT2D eigenvalue weighted by Gasteiger charge is 2.04. The topological polar surface area (TPSA) is 41.1 Å². The number of amides is 1. The third-order valence-electron chi connectivity index (χ3n) is 2.70. The van der Waals surface area contributed by atoms with Gasteiger partial charge in [0, 0.05) is 11.4 Å². The fourth-order valence-corrected chi connectivity index (χ4v) is 1.69. The molecule has 0 unspecified atom stereocenters. The quantitative estimate of drug-likeness (QED) is 0.884. The van der Waals surface area contributed by atoms with Crippen molar-refractivity contribution < 1.29 is 9.18 Å². The van der Waals surface area contributed by atoms with Gasteiger partial charge in [0.2, 0.25) is 5.91 Å². The molecule has 2 N–H and O–H groups in total. The van der Waals surface area contributed by atoms with E-state index < -0.39 is 0 Å². The van der Waals surface area contributed by atoms with Crippen molar-refractivity contribution >= 4 is 17.3 Å². The molecule has 2 aromatic rings. The molecule has 2 rings (SSSR count). The van der Waals surface area contributed by atoms with Gasteiger partial charge < -0.3 is 10.6 Å². The van der Waals surface area contributed by atoms with Crippen molar-refractivity contribution in [1.82, 2.24) is 0 Å². The third-order valence-corrected chi connectivity index (χ3v) is 2.70. The van der Waals surface area contributed by atoms with Crippen molar-refractivity contribution in [1.29, 1.82) is 0 Å². The van der Waals surface area contributed by atoms with E-state index in [9.17, 15) is 9.18 Å². The number of para-hydroxylation sites is 1. The number of hydrogen-bond acceptors (Lipinski definition) is 2. The average molecular weight is 258 g/mol. The maximum atomic E-state index is 13.1. The Morgan fingerprint density at radius 2 is 1.89 bits per heavy atom. The van der Waals surface area contributed by atoms with Crippen LogP contribution >= 0.6 is 0 Å². The van der Waals surface area contributed by atoms with E-state index in [0.29, 0.717) is 5.69 Å². The van der Waals surface area contributed by atoms with Gasteiger partial charge in [0.05, 0.1) is 6.54 Å². The summed E-state index contributed by atoms with van der Waals surface area (Å²) < 4.78 is 13.1. The molecule has 2 aromatic carbocycles. The number of halogens is 1. The van der Waals surface area contributed by atoms with E-state index in [0.717, 1.165) is 11.3 Å². The lowest BCUT2D eigenvalue weighted by molar-refractivity contribution is -0.114. The van der Waals surface area contributed by atoms with E-state index in [1.165, 1.54) is 12.1 Å². The summed E-state index contributed by atoms with van der Waals surface area (Å²) in [5, 5.41) is 5.67. The highest BCUT2D eigenvalue weighted by molar-refractivity contribution is 5.93. The summed E-state index contributed by atoms with van der Waals surface area (Å²) in [4.78, 5) is 11.7. The van der Waals surface area contributed by atoms with Gasteiger partial charge in [0.15, 0.2) is 0 Å². The Bertz CT molecular complexity index is 570. The molecule has 0 atom stereocenters. The van der Waals surface area contributed by atoms with Crippen LogP contribution < -0.4 is 10.6 Å². The second-order valence-electron chi connectivity index (χ2n) is 4.23. The maximum Gasteiger partial charge on any atom is 0.243 e. The van der Waals surface area contributed by atoms with E-state index >= 15 is 0 Å². The van der Waals surface area contributed by atoms with Gasteiger partial charge in [0.1, 0.15) is 5.82 Å². The van der Waals surface area contributed by atoms with Gasteiger partial charge in [0.25, 0.3) is 0 Å². The van der Waals surface area contributed by atoms with Crippen LogP contribution in [-0.4, -0.2) is 12.5 Å². The number of benzene rings is 2. The molecular formula is C15H15FN2O. The summed E-state index contributed by atoms with van der Waals surface area (Å²) in [6, 6.07) is 13.6. The zero-order valence-corrected chi connectivity index (χ0v) is 10.6. The van der Waals surface area contributed by atoms with Crippen LogP contribution in [0.3, 0.4) is 0 Å². The van der Waals surface area contributed by atoms with E-state index in [1.807, 2.05) is 37.3 Å². The van der Waals surface area contributed by atoms with Gasteiger partial charge >= 0.3 is 0 Å². The number of anilines is 2. The van der Waals surface area contributed by atoms with Crippen molar-refractivity contribution in [2.24, 2.45) is 0 Å². The molecule has 19 heavy (non-hydrogen) atoms. The van der Waals surface area contributed by atoms with Crippen LogP contribution in [0.15, 0.2) is 48.5 Å². The van der Waals surface area contributed by atoms with E-state index in [1.54, 1.807) is 6.07 Å². The molecule has 1 amide bonds. The Hall–Kier alpha value is -2.36. The third kappa shape index (κ3) is 3.81. The lowest BCUT2D eigenvalue weighted by Gasteiger charge is -2.10. The fourth-order valence-electron chi connectivity index (χ4n) is 1.69. The van der Waals surface area contributed by atoms with Crippen LogP contribution in [0.5, 0.6) is 0 Å². The molecule has 98 valence electrons. The Morgan fingerprint density at radius 3 is 2.63 bits per heavy atom. The summed E-state index contributed by atoms with van der Waals surface area (Å²) in [5.41, 5.74) is 2.27. The molecule has 0 fully saturated rings. The van der Waals surface area contributed by atoms with Crippen LogP contribution in [0.2, 0.25) is 0 Å². The van der Waals surface area contributed by atoms with Crippen LogP contribution in [0.4, 0.5) is 15.8 Å². The summed E-state index contributed by atoms with van der Waals surface area (Å²) in [7, 11) is 0. The Labute approximate surface area is 111 Å². The monoisotopic (exact) mass is 258 g/mol. The van der Waals surface area contributed by atoms with Crippen LogP contribution in [0, 0.1) is 12.7 Å². The van der Waals surface area contributed by atoms with Crippen LogP contribution in [0.25, 0.3) is 0 Å². The number of hydrogen-bond donors (Lipinski definition) is 2. The molecule has 0 aromatic heterocycles. The first kappa shape index (κ1) is 13.1. The molecule has 0 aliphatic rings. The minimum Gasteiger partial charge on any atom is -0.376 e. The zero-order valence-electron chi connectivity index (χ0n) is 10.6. The molecule has 0 aliphatic heterocycles. The minimum atomic E-state index is -0.323. The predicted molar refractivity (Wildman–Crippen MR) is 74.7 cm³/mol. The molecule has 0 saturated carbocycles. The standard InChI is InChI=1S/C15H15FN2O/c1-11-7-8-12(16)9-14(11)17-10-15(19)18-13-5-3-2-4-6-13/h2-9,17H,10H2,1H3,(H,18,19). The van der Waals surface area contributed by atoms with Crippen molar-refractivity contribution in [2.45, 2.75) is 6.92 Å². The largest absolute Gasteiger partial charge is 0.376 e. The van der Waals surface area contributed by atoms with Crippen molar-refractivity contribution in [2.75, 3.05) is 17.2 Å². The van der Waals surface area contributed by atoms with Crippen molar-refractivity contribution in [3.63, 3.8) is 0 Å². The molecule has 4 heteroatoms. The van der Waals surface area contributed by atoms with E-state index in [4.69, 9.17) is 0 Å². The lowest BCUT2D eigenvalue weighted by atomic mass is 10.2. The van der Waals surface area contributed by atoms with Gasteiger partial charge in [-0.3, -0.25) is 4.79 Å². The van der Waals surface area contributed by atoms with Gasteiger partial charge in [-0.2, -0.15) is 0 Å². The van der Waals surface area contributed by atoms with Gasteiger partial charge in [-0.05, 0) is 36.8 Å². The van der Waals surface area contributed by atoms with Crippen LogP contribution in [-0.2, 0) is 4.79 Å². The Balaban J connectivity index is 1.92. The first-order chi connectivity index (χ1) is 9.15. The van der Waals surface area contributed by atoms with E-state index in [2.05, 4.69) is 10.6 Å². The van der Waals surface area contributed by atoms with Gasteiger partial charge in [-0.1, -0.05) is 24.3 Å². The fraction of sp³-hybridized carbons (Fsp3) is 0.133. The first-order valence-corrected chi connectivity index (χ1v) is 6.00. The molecule has 3 nitrogen and oxygen atoms in total. The normalized spacial score (nSPS) is 10.0. The zero-order chi connectivity index (χ0) is 13.7. The van der Waals surface area contributed by atoms with Gasteiger partial charge in [-0.25, -0.2) is 4.39 Å². The minimum absolute atomic E-state index is 0.0964. The van der Waals surface area contributed by atoms with Crippen molar-refractivity contribution in [3.8, 4) is 0 Å². The molecule has 0 saturated heterocycles. The number of aryl methyl sites for hydroxylation is 1. The summed E-state index contributed by atoms with van der Waals surface area (Å²) in [6.07, 6.45) is 0. The second-order valence-corrected chi connectivity index (χ2v) is 4.23. The molecule has 0 bridgehead atoms. The summed E-state index contributed by atoms with van der Waals surface area (Å²) in [5.74, 6) is -0.494. The Morgan fingerprint density at radius 1 is 1.16 bits per heavy atom. The van der Waals surface area contributed by atoms with Gasteiger partial charge in [-0.15, -0.1) is 0 Å². The molecular weight excluding hydrogens is 243 g/mol. The number of nitrogens with one attached hydrogen (secondary N) is 2. The molecule has 0 radical (unpaired) electrons. The average Bonchev–Trinajstić information content (AvgIpc) is 2.41. The Kier molecular flexibility index (Phi) is 4.13. The number of carbonyl (C=O) groups is 1. The lowest BCUT2D eigenvalue weighted by Crippen LogP contribution is -2.22. The highest BCUT2D eigenvalue weighted by atomic mass is 19.1. The SMILES string of the molecule is Cc1ccc(F)cc1NCC(=O)Nc1ccccc1. The van der Waals surface area contributed by atoms with E-state index in [-0.39, 0.29) is 18.3 Å². The van der Waals surface area contributed by atoms with Crippen LogP contribution in [0.1, 0.15) is 5.56 Å². The highest BCUT2D eigenvalue weighted by Crippen LogP contribution is 2.15. The molecule has 0 heterocycles. The summed E-state index contributed by atoms with van der Waals surface area (Å²) in [6.45, 7) is 1.95. The predicted octanol–water partition coefficient (Wildman–Crippen LogP) is 3.18. The second kappa shape index (κ2) is 6.00. The number of rotatable bonds is 4. The maximum absolute atomic E-state index is 13.1.